The van der Waals surface area contributed by atoms with Gasteiger partial charge in [0.1, 0.15) is 0 Å². The number of allylic oxidation sites excluding steroid dienone is 1. The van der Waals surface area contributed by atoms with E-state index < -0.39 is 0 Å². The summed E-state index contributed by atoms with van der Waals surface area (Å²) in [6.07, 6.45) is 11.1. The summed E-state index contributed by atoms with van der Waals surface area (Å²) in [6.45, 7) is 4.38. The minimum atomic E-state index is 1.22. The van der Waals surface area contributed by atoms with Gasteiger partial charge >= 0.3 is 0 Å². The molecule has 0 aliphatic carbocycles. The van der Waals surface area contributed by atoms with Crippen LogP contribution < -0.4 is 0 Å². The summed E-state index contributed by atoms with van der Waals surface area (Å²) in [7, 11) is 0. The topological polar surface area (TPSA) is 0 Å². The molecule has 0 heterocycles. The van der Waals surface area contributed by atoms with E-state index in [9.17, 15) is 0 Å². The largest absolute Gasteiger partial charge is 0.0839 e. The van der Waals surface area contributed by atoms with Gasteiger partial charge in [0.25, 0.3) is 0 Å². The van der Waals surface area contributed by atoms with E-state index in [-0.39, 0.29) is 0 Å². The van der Waals surface area contributed by atoms with Crippen LogP contribution in [0.3, 0.4) is 0 Å². The highest BCUT2D eigenvalue weighted by Crippen LogP contribution is 2.08. The van der Waals surface area contributed by atoms with Crippen LogP contribution in [0, 0.1) is 6.92 Å². The Morgan fingerprint density at radius 3 is 2.40 bits per heavy atom. The van der Waals surface area contributed by atoms with Crippen molar-refractivity contribution in [2.75, 3.05) is 0 Å². The first-order valence-electron chi connectivity index (χ1n) is 6.06. The van der Waals surface area contributed by atoms with Gasteiger partial charge in [-0.1, -0.05) is 68.2 Å². The maximum atomic E-state index is 2.29. The molecule has 0 fully saturated rings. The summed E-state index contributed by atoms with van der Waals surface area (Å²) in [6, 6.07) is 8.68. The van der Waals surface area contributed by atoms with Gasteiger partial charge in [-0.25, -0.2) is 0 Å². The second-order valence-corrected chi connectivity index (χ2v) is 4.16. The van der Waals surface area contributed by atoms with Crippen LogP contribution in [-0.2, 0) is 0 Å². The van der Waals surface area contributed by atoms with Crippen molar-refractivity contribution in [1.82, 2.24) is 0 Å². The van der Waals surface area contributed by atoms with Gasteiger partial charge in [0.2, 0.25) is 0 Å². The lowest BCUT2D eigenvalue weighted by Gasteiger charge is -1.96. The second kappa shape index (κ2) is 7.28. The molecule has 1 aromatic carbocycles. The molecule has 0 nitrogen and oxygen atoms in total. The predicted octanol–water partition coefficient (Wildman–Crippen LogP) is 4.98. The van der Waals surface area contributed by atoms with Gasteiger partial charge in [0.15, 0.2) is 0 Å². The molecule has 1 aromatic rings. The van der Waals surface area contributed by atoms with Gasteiger partial charge in [-0.15, -0.1) is 0 Å². The third kappa shape index (κ3) is 5.41. The van der Waals surface area contributed by atoms with Crippen molar-refractivity contribution in [2.45, 2.75) is 46.0 Å². The van der Waals surface area contributed by atoms with Crippen LogP contribution in [0.5, 0.6) is 0 Å². The number of hydrogen-bond donors (Lipinski definition) is 0. The molecule has 0 amide bonds. The Kier molecular flexibility index (Phi) is 5.84. The van der Waals surface area contributed by atoms with Crippen LogP contribution in [0.15, 0.2) is 30.3 Å². The summed E-state index contributed by atoms with van der Waals surface area (Å²) in [5, 5.41) is 0. The Balaban J connectivity index is 2.23. The lowest BCUT2D eigenvalue weighted by Crippen LogP contribution is -1.75. The van der Waals surface area contributed by atoms with Gasteiger partial charge in [-0.3, -0.25) is 0 Å². The maximum absolute atomic E-state index is 2.29. The molecule has 0 saturated carbocycles. The molecule has 0 aromatic heterocycles. The summed E-state index contributed by atoms with van der Waals surface area (Å²) >= 11 is 0. The van der Waals surface area contributed by atoms with Crippen LogP contribution in [-0.4, -0.2) is 0 Å². The van der Waals surface area contributed by atoms with Gasteiger partial charge < -0.3 is 0 Å². The van der Waals surface area contributed by atoms with E-state index in [1.54, 1.807) is 0 Å². The SMILES string of the molecule is CCCCCCC=Cc1ccc(C)cc1. The summed E-state index contributed by atoms with van der Waals surface area (Å²) in [5.74, 6) is 0. The summed E-state index contributed by atoms with van der Waals surface area (Å²) in [4.78, 5) is 0. The lowest BCUT2D eigenvalue weighted by atomic mass is 10.1. The third-order valence-corrected chi connectivity index (χ3v) is 2.61. The van der Waals surface area contributed by atoms with Crippen molar-refractivity contribution in [3.05, 3.63) is 41.5 Å². The molecule has 0 spiro atoms. The van der Waals surface area contributed by atoms with E-state index in [2.05, 4.69) is 50.3 Å². The number of unbranched alkanes of at least 4 members (excludes halogenated alkanes) is 4. The number of rotatable bonds is 6. The molecule has 0 bridgehead atoms. The Bertz CT molecular complexity index is 279. The third-order valence-electron chi connectivity index (χ3n) is 2.61. The van der Waals surface area contributed by atoms with Crippen LogP contribution in [0.25, 0.3) is 6.08 Å². The second-order valence-electron chi connectivity index (χ2n) is 4.16. The highest BCUT2D eigenvalue weighted by molar-refractivity contribution is 5.49. The molecule has 0 N–H and O–H groups in total. The van der Waals surface area contributed by atoms with Crippen LogP contribution in [0.2, 0.25) is 0 Å². The Hall–Kier alpha value is -1.04. The zero-order valence-electron chi connectivity index (χ0n) is 10.00. The average molecular weight is 202 g/mol. The average Bonchev–Trinajstić information content (AvgIpc) is 2.26. The molecule has 15 heavy (non-hydrogen) atoms. The van der Waals surface area contributed by atoms with Crippen molar-refractivity contribution < 1.29 is 0 Å². The molecule has 0 aliphatic rings. The molecule has 0 saturated heterocycles. The van der Waals surface area contributed by atoms with Gasteiger partial charge in [0.05, 0.1) is 0 Å². The molecule has 0 unspecified atom stereocenters. The van der Waals surface area contributed by atoms with Crippen molar-refractivity contribution in [2.24, 2.45) is 0 Å². The van der Waals surface area contributed by atoms with E-state index in [0.29, 0.717) is 0 Å². The number of benzene rings is 1. The van der Waals surface area contributed by atoms with E-state index in [1.165, 1.54) is 43.2 Å². The van der Waals surface area contributed by atoms with Crippen molar-refractivity contribution in [1.29, 1.82) is 0 Å². The maximum Gasteiger partial charge on any atom is -0.0260 e. The molecule has 0 heteroatoms. The fraction of sp³-hybridized carbons (Fsp3) is 0.467. The molecule has 0 atom stereocenters. The monoisotopic (exact) mass is 202 g/mol. The van der Waals surface area contributed by atoms with Crippen molar-refractivity contribution >= 4 is 6.08 Å². The highest BCUT2D eigenvalue weighted by Gasteiger charge is 1.87. The van der Waals surface area contributed by atoms with Crippen molar-refractivity contribution in [3.63, 3.8) is 0 Å². The Morgan fingerprint density at radius 1 is 1.00 bits per heavy atom. The zero-order valence-corrected chi connectivity index (χ0v) is 10.00. The lowest BCUT2D eigenvalue weighted by molar-refractivity contribution is 0.675. The number of hydrogen-bond acceptors (Lipinski definition) is 0. The minimum Gasteiger partial charge on any atom is -0.0839 e. The molecular formula is C15H22. The standard InChI is InChI=1S/C15H22/c1-3-4-5-6-7-8-9-15-12-10-14(2)11-13-15/h8-13H,3-7H2,1-2H3. The van der Waals surface area contributed by atoms with E-state index in [0.717, 1.165) is 0 Å². The number of aryl methyl sites for hydroxylation is 1. The fourth-order valence-corrected chi connectivity index (χ4v) is 1.59. The quantitative estimate of drug-likeness (QED) is 0.571. The van der Waals surface area contributed by atoms with Gasteiger partial charge in [-0.2, -0.15) is 0 Å². The Morgan fingerprint density at radius 2 is 1.73 bits per heavy atom. The zero-order chi connectivity index (χ0) is 10.9. The molecule has 1 rings (SSSR count). The van der Waals surface area contributed by atoms with Crippen LogP contribution >= 0.6 is 0 Å². The first-order valence-corrected chi connectivity index (χ1v) is 6.06. The van der Waals surface area contributed by atoms with Gasteiger partial charge in [-0.05, 0) is 25.3 Å². The van der Waals surface area contributed by atoms with Crippen molar-refractivity contribution in [3.8, 4) is 0 Å². The highest BCUT2D eigenvalue weighted by atomic mass is 13.9. The predicted molar refractivity (Wildman–Crippen MR) is 69.0 cm³/mol. The molecular weight excluding hydrogens is 180 g/mol. The van der Waals surface area contributed by atoms with E-state index in [4.69, 9.17) is 0 Å². The summed E-state index contributed by atoms with van der Waals surface area (Å²) < 4.78 is 0. The minimum absolute atomic E-state index is 1.22. The first-order chi connectivity index (χ1) is 7.33. The molecule has 0 aliphatic heterocycles. The summed E-state index contributed by atoms with van der Waals surface area (Å²) in [5.41, 5.74) is 2.64. The van der Waals surface area contributed by atoms with Crippen LogP contribution in [0.1, 0.15) is 50.2 Å². The molecule has 82 valence electrons. The van der Waals surface area contributed by atoms with E-state index >= 15 is 0 Å². The normalized spacial score (nSPS) is 11.1. The fourth-order valence-electron chi connectivity index (χ4n) is 1.59. The van der Waals surface area contributed by atoms with Crippen LogP contribution in [0.4, 0.5) is 0 Å². The Labute approximate surface area is 94.0 Å². The van der Waals surface area contributed by atoms with E-state index in [1.807, 2.05) is 0 Å². The van der Waals surface area contributed by atoms with Gasteiger partial charge in [0, 0.05) is 0 Å². The first kappa shape index (κ1) is 12.0. The molecule has 0 radical (unpaired) electrons. The smallest absolute Gasteiger partial charge is 0.0260 e.